The largest absolute Gasteiger partial charge is 0.359 e. The first-order chi connectivity index (χ1) is 8.16. The van der Waals surface area contributed by atoms with Crippen LogP contribution < -0.4 is 11.1 Å². The minimum Gasteiger partial charge on any atom is -0.359 e. The van der Waals surface area contributed by atoms with Gasteiger partial charge in [-0.2, -0.15) is 0 Å². The van der Waals surface area contributed by atoms with Gasteiger partial charge in [-0.3, -0.25) is 4.79 Å². The molecular formula is C12H19N3O2. The molecule has 1 heterocycles. The van der Waals surface area contributed by atoms with E-state index in [-0.39, 0.29) is 11.3 Å². The Hall–Kier alpha value is -1.36. The van der Waals surface area contributed by atoms with E-state index in [2.05, 4.69) is 10.5 Å². The lowest BCUT2D eigenvalue weighted by Crippen LogP contribution is -2.43. The number of nitrogens with two attached hydrogens (primary N) is 1. The average molecular weight is 237 g/mol. The number of carbonyl (C=O) groups excluding carboxylic acids is 1. The summed E-state index contributed by atoms with van der Waals surface area (Å²) < 4.78 is 5.05. The highest BCUT2D eigenvalue weighted by molar-refractivity contribution is 5.83. The second-order valence-corrected chi connectivity index (χ2v) is 4.81. The van der Waals surface area contributed by atoms with Crippen molar-refractivity contribution in [3.63, 3.8) is 0 Å². The highest BCUT2D eigenvalue weighted by Crippen LogP contribution is 2.37. The molecule has 1 aliphatic rings. The Balaban J connectivity index is 1.92. The second-order valence-electron chi connectivity index (χ2n) is 4.81. The van der Waals surface area contributed by atoms with Gasteiger partial charge < -0.3 is 15.6 Å². The van der Waals surface area contributed by atoms with E-state index in [1.54, 1.807) is 0 Å². The minimum atomic E-state index is -0.352. The lowest BCUT2D eigenvalue weighted by molar-refractivity contribution is -0.130. The molecule has 2 rings (SSSR count). The standard InChI is InChI=1S/C12H19N3O2/c1-9-6-10(17-15-9)7-14-11(16)12(8-13)4-2-3-5-12/h6H,2-5,7-8,13H2,1H3,(H,14,16). The number of hydrogen-bond donors (Lipinski definition) is 2. The molecule has 0 atom stereocenters. The quantitative estimate of drug-likeness (QED) is 0.822. The molecule has 0 spiro atoms. The van der Waals surface area contributed by atoms with Crippen LogP contribution >= 0.6 is 0 Å². The van der Waals surface area contributed by atoms with Crippen LogP contribution in [0.2, 0.25) is 0 Å². The molecular weight excluding hydrogens is 218 g/mol. The molecule has 0 bridgehead atoms. The zero-order valence-corrected chi connectivity index (χ0v) is 10.2. The fourth-order valence-electron chi connectivity index (χ4n) is 2.43. The van der Waals surface area contributed by atoms with Gasteiger partial charge in [-0.05, 0) is 19.8 Å². The van der Waals surface area contributed by atoms with E-state index in [4.69, 9.17) is 10.3 Å². The van der Waals surface area contributed by atoms with Crippen molar-refractivity contribution in [3.05, 3.63) is 17.5 Å². The lowest BCUT2D eigenvalue weighted by Gasteiger charge is -2.25. The molecule has 94 valence electrons. The van der Waals surface area contributed by atoms with Crippen molar-refractivity contribution in [1.29, 1.82) is 0 Å². The molecule has 5 heteroatoms. The van der Waals surface area contributed by atoms with Crippen LogP contribution in [0.5, 0.6) is 0 Å². The number of amides is 1. The summed E-state index contributed by atoms with van der Waals surface area (Å²) >= 11 is 0. The molecule has 3 N–H and O–H groups in total. The number of aromatic nitrogens is 1. The van der Waals surface area contributed by atoms with Gasteiger partial charge in [0.25, 0.3) is 0 Å². The maximum absolute atomic E-state index is 12.1. The Morgan fingerprint density at radius 3 is 2.82 bits per heavy atom. The fraction of sp³-hybridized carbons (Fsp3) is 0.667. The third-order valence-electron chi connectivity index (χ3n) is 3.53. The van der Waals surface area contributed by atoms with Crippen LogP contribution in [0, 0.1) is 12.3 Å². The van der Waals surface area contributed by atoms with Gasteiger partial charge in [0, 0.05) is 12.6 Å². The van der Waals surface area contributed by atoms with Crippen molar-refractivity contribution in [1.82, 2.24) is 10.5 Å². The number of aryl methyl sites for hydroxylation is 1. The Labute approximate surface area is 101 Å². The summed E-state index contributed by atoms with van der Waals surface area (Å²) in [5.74, 6) is 0.729. The molecule has 1 amide bonds. The summed E-state index contributed by atoms with van der Waals surface area (Å²) in [6, 6.07) is 1.82. The fourth-order valence-corrected chi connectivity index (χ4v) is 2.43. The lowest BCUT2D eigenvalue weighted by atomic mass is 9.85. The molecule has 1 saturated carbocycles. The van der Waals surface area contributed by atoms with E-state index in [0.717, 1.165) is 31.4 Å². The van der Waals surface area contributed by atoms with Crippen LogP contribution in [-0.4, -0.2) is 17.6 Å². The molecule has 1 aromatic rings. The monoisotopic (exact) mass is 237 g/mol. The number of rotatable bonds is 4. The van der Waals surface area contributed by atoms with E-state index in [0.29, 0.717) is 18.8 Å². The highest BCUT2D eigenvalue weighted by Gasteiger charge is 2.39. The van der Waals surface area contributed by atoms with Crippen LogP contribution in [0.25, 0.3) is 0 Å². The average Bonchev–Trinajstić information content (AvgIpc) is 2.95. The smallest absolute Gasteiger partial charge is 0.227 e. The van der Waals surface area contributed by atoms with E-state index < -0.39 is 0 Å². The van der Waals surface area contributed by atoms with E-state index in [1.165, 1.54) is 0 Å². The van der Waals surface area contributed by atoms with Crippen LogP contribution in [-0.2, 0) is 11.3 Å². The molecule has 0 aromatic carbocycles. The first-order valence-electron chi connectivity index (χ1n) is 6.07. The van der Waals surface area contributed by atoms with Gasteiger partial charge in [0.2, 0.25) is 5.91 Å². The van der Waals surface area contributed by atoms with Gasteiger partial charge in [0.05, 0.1) is 17.7 Å². The first kappa shape index (κ1) is 12.1. The Morgan fingerprint density at radius 1 is 1.59 bits per heavy atom. The third kappa shape index (κ3) is 2.49. The molecule has 17 heavy (non-hydrogen) atoms. The molecule has 5 nitrogen and oxygen atoms in total. The van der Waals surface area contributed by atoms with E-state index in [1.807, 2.05) is 13.0 Å². The predicted molar refractivity (Wildman–Crippen MR) is 63.0 cm³/mol. The maximum Gasteiger partial charge on any atom is 0.227 e. The molecule has 1 aromatic heterocycles. The Bertz CT molecular complexity index is 394. The maximum atomic E-state index is 12.1. The van der Waals surface area contributed by atoms with Gasteiger partial charge in [0.15, 0.2) is 5.76 Å². The van der Waals surface area contributed by atoms with Gasteiger partial charge in [-0.15, -0.1) is 0 Å². The number of hydrogen-bond acceptors (Lipinski definition) is 4. The van der Waals surface area contributed by atoms with Crippen molar-refractivity contribution in [2.75, 3.05) is 6.54 Å². The molecule has 0 radical (unpaired) electrons. The highest BCUT2D eigenvalue weighted by atomic mass is 16.5. The zero-order chi connectivity index (χ0) is 12.3. The summed E-state index contributed by atoms with van der Waals surface area (Å²) in [5, 5.41) is 6.67. The minimum absolute atomic E-state index is 0.0477. The first-order valence-corrected chi connectivity index (χ1v) is 6.07. The van der Waals surface area contributed by atoms with Crippen molar-refractivity contribution in [3.8, 4) is 0 Å². The van der Waals surface area contributed by atoms with E-state index >= 15 is 0 Å². The normalized spacial score (nSPS) is 18.2. The summed E-state index contributed by atoms with van der Waals surface area (Å²) in [6.45, 7) is 2.67. The molecule has 0 aliphatic heterocycles. The third-order valence-corrected chi connectivity index (χ3v) is 3.53. The SMILES string of the molecule is Cc1cc(CNC(=O)C2(CN)CCCC2)on1. The predicted octanol–water partition coefficient (Wildman–Crippen LogP) is 1.12. The second kappa shape index (κ2) is 4.87. The Kier molecular flexibility index (Phi) is 3.47. The topological polar surface area (TPSA) is 81.2 Å². The van der Waals surface area contributed by atoms with E-state index in [9.17, 15) is 4.79 Å². The summed E-state index contributed by atoms with van der Waals surface area (Å²) in [6.07, 6.45) is 3.97. The number of carbonyl (C=O) groups is 1. The van der Waals surface area contributed by atoms with Crippen LogP contribution in [0.1, 0.15) is 37.1 Å². The molecule has 1 aliphatic carbocycles. The van der Waals surface area contributed by atoms with Gasteiger partial charge in [0.1, 0.15) is 0 Å². The van der Waals surface area contributed by atoms with Crippen LogP contribution in [0.15, 0.2) is 10.6 Å². The zero-order valence-electron chi connectivity index (χ0n) is 10.2. The van der Waals surface area contributed by atoms with Gasteiger partial charge in [-0.25, -0.2) is 0 Å². The van der Waals surface area contributed by atoms with Crippen molar-refractivity contribution < 1.29 is 9.32 Å². The van der Waals surface area contributed by atoms with Crippen LogP contribution in [0.4, 0.5) is 0 Å². The molecule has 0 saturated heterocycles. The van der Waals surface area contributed by atoms with Crippen molar-refractivity contribution in [2.45, 2.75) is 39.2 Å². The Morgan fingerprint density at radius 2 is 2.29 bits per heavy atom. The summed E-state index contributed by atoms with van der Waals surface area (Å²) in [4.78, 5) is 12.1. The number of nitrogens with one attached hydrogen (secondary N) is 1. The van der Waals surface area contributed by atoms with Gasteiger partial charge >= 0.3 is 0 Å². The van der Waals surface area contributed by atoms with Gasteiger partial charge in [-0.1, -0.05) is 18.0 Å². The molecule has 1 fully saturated rings. The number of nitrogens with zero attached hydrogens (tertiary/aromatic N) is 1. The molecule has 0 unspecified atom stereocenters. The van der Waals surface area contributed by atoms with Crippen molar-refractivity contribution >= 4 is 5.91 Å². The van der Waals surface area contributed by atoms with Crippen LogP contribution in [0.3, 0.4) is 0 Å². The summed E-state index contributed by atoms with van der Waals surface area (Å²) in [7, 11) is 0. The van der Waals surface area contributed by atoms with Crippen molar-refractivity contribution in [2.24, 2.45) is 11.1 Å². The summed E-state index contributed by atoms with van der Waals surface area (Å²) in [5.41, 5.74) is 6.22.